The Morgan fingerprint density at radius 3 is 2.95 bits per heavy atom. The molecule has 20 heavy (non-hydrogen) atoms. The molecule has 1 aliphatic heterocycles. The number of carboxylic acids is 1. The van der Waals surface area contributed by atoms with E-state index >= 15 is 0 Å². The average molecular weight is 278 g/mol. The van der Waals surface area contributed by atoms with Crippen LogP contribution in [-0.2, 0) is 6.54 Å². The summed E-state index contributed by atoms with van der Waals surface area (Å²) in [5.41, 5.74) is 0.647. The number of piperidine rings is 1. The van der Waals surface area contributed by atoms with Crippen LogP contribution in [0.15, 0.2) is 10.9 Å². The molecule has 2 N–H and O–H groups in total. The largest absolute Gasteiger partial charge is 0.476 e. The van der Waals surface area contributed by atoms with Gasteiger partial charge in [-0.15, -0.1) is 5.10 Å². The maximum atomic E-state index is 11.3. The van der Waals surface area contributed by atoms with Crippen molar-refractivity contribution in [3.05, 3.63) is 23.6 Å². The molecule has 0 aliphatic carbocycles. The highest BCUT2D eigenvalue weighted by molar-refractivity contribution is 5.86. The van der Waals surface area contributed by atoms with Crippen molar-refractivity contribution in [1.29, 1.82) is 0 Å². The number of carboxylic acid groups (broad SMARTS) is 1. The quantitative estimate of drug-likeness (QED) is 0.794. The topological polar surface area (TPSA) is 119 Å². The predicted octanol–water partition coefficient (Wildman–Crippen LogP) is -0.125. The number of aromatic carboxylic acids is 1. The van der Waals surface area contributed by atoms with Crippen LogP contribution in [0, 0.1) is 0 Å². The molecule has 2 aromatic heterocycles. The molecule has 0 unspecified atom stereocenters. The van der Waals surface area contributed by atoms with Crippen molar-refractivity contribution < 1.29 is 14.4 Å². The van der Waals surface area contributed by atoms with Gasteiger partial charge in [0.15, 0.2) is 12.0 Å². The lowest BCUT2D eigenvalue weighted by atomic mass is 9.93. The minimum absolute atomic E-state index is 0.0106. The first-order chi connectivity index (χ1) is 9.75. The smallest absolute Gasteiger partial charge is 0.358 e. The van der Waals surface area contributed by atoms with E-state index in [4.69, 9.17) is 4.52 Å². The fourth-order valence-electron chi connectivity index (χ4n) is 2.48. The number of rotatable bonds is 4. The highest BCUT2D eigenvalue weighted by Gasteiger charge is 2.28. The molecule has 9 heteroatoms. The molecule has 1 fully saturated rings. The second-order valence-corrected chi connectivity index (χ2v) is 4.65. The third kappa shape index (κ3) is 2.39. The maximum Gasteiger partial charge on any atom is 0.358 e. The Hall–Kier alpha value is -2.29. The van der Waals surface area contributed by atoms with Gasteiger partial charge in [0.1, 0.15) is 6.54 Å². The summed E-state index contributed by atoms with van der Waals surface area (Å²) in [4.78, 5) is 15.2. The Kier molecular flexibility index (Phi) is 3.42. The molecule has 0 saturated carbocycles. The van der Waals surface area contributed by atoms with E-state index in [0.29, 0.717) is 11.6 Å². The average Bonchev–Trinajstić information content (AvgIpc) is 3.09. The SMILES string of the molecule is O=C(O)c1nnn(Cc2ncno2)c1C1CCNCC1. The monoisotopic (exact) mass is 278 g/mol. The third-order valence-corrected chi connectivity index (χ3v) is 3.39. The van der Waals surface area contributed by atoms with Crippen LogP contribution in [0.5, 0.6) is 0 Å². The van der Waals surface area contributed by atoms with E-state index in [1.807, 2.05) is 0 Å². The molecule has 106 valence electrons. The van der Waals surface area contributed by atoms with Gasteiger partial charge < -0.3 is 14.9 Å². The fourth-order valence-corrected chi connectivity index (χ4v) is 2.48. The Labute approximate surface area is 114 Å². The Bertz CT molecular complexity index is 587. The molecule has 3 rings (SSSR count). The van der Waals surface area contributed by atoms with Crippen LogP contribution >= 0.6 is 0 Å². The minimum atomic E-state index is -1.06. The van der Waals surface area contributed by atoms with Gasteiger partial charge >= 0.3 is 5.97 Å². The summed E-state index contributed by atoms with van der Waals surface area (Å²) in [7, 11) is 0. The third-order valence-electron chi connectivity index (χ3n) is 3.39. The summed E-state index contributed by atoms with van der Waals surface area (Å²) >= 11 is 0. The van der Waals surface area contributed by atoms with Crippen LogP contribution < -0.4 is 5.32 Å². The molecular formula is C11H14N6O3. The molecule has 1 saturated heterocycles. The van der Waals surface area contributed by atoms with Crippen molar-refractivity contribution >= 4 is 5.97 Å². The zero-order chi connectivity index (χ0) is 13.9. The van der Waals surface area contributed by atoms with Crippen LogP contribution in [0.4, 0.5) is 0 Å². The number of aromatic nitrogens is 5. The Morgan fingerprint density at radius 1 is 1.50 bits per heavy atom. The van der Waals surface area contributed by atoms with Crippen LogP contribution in [0.2, 0.25) is 0 Å². The van der Waals surface area contributed by atoms with E-state index in [1.165, 1.54) is 6.33 Å². The number of hydrogen-bond acceptors (Lipinski definition) is 7. The molecule has 1 aliphatic rings. The van der Waals surface area contributed by atoms with Crippen molar-refractivity contribution in [1.82, 2.24) is 30.5 Å². The standard InChI is InChI=1S/C11H14N6O3/c18-11(19)9-10(7-1-3-12-4-2-7)17(16-15-9)5-8-13-6-14-20-8/h6-7,12H,1-5H2,(H,18,19). The van der Waals surface area contributed by atoms with Gasteiger partial charge in [0.25, 0.3) is 0 Å². The number of nitrogens with one attached hydrogen (secondary N) is 1. The lowest BCUT2D eigenvalue weighted by Gasteiger charge is -2.23. The van der Waals surface area contributed by atoms with Crippen LogP contribution in [0.25, 0.3) is 0 Å². The van der Waals surface area contributed by atoms with E-state index < -0.39 is 5.97 Å². The number of carbonyl (C=O) groups is 1. The predicted molar refractivity (Wildman–Crippen MR) is 65.2 cm³/mol. The lowest BCUT2D eigenvalue weighted by molar-refractivity contribution is 0.0688. The number of hydrogen-bond donors (Lipinski definition) is 2. The fraction of sp³-hybridized carbons (Fsp3) is 0.545. The summed E-state index contributed by atoms with van der Waals surface area (Å²) in [5, 5.41) is 23.7. The molecule has 0 bridgehead atoms. The summed E-state index contributed by atoms with van der Waals surface area (Å²) in [6, 6.07) is 0. The zero-order valence-corrected chi connectivity index (χ0v) is 10.7. The van der Waals surface area contributed by atoms with Gasteiger partial charge in [-0.05, 0) is 25.9 Å². The second kappa shape index (κ2) is 5.37. The maximum absolute atomic E-state index is 11.3. The van der Waals surface area contributed by atoms with Crippen molar-refractivity contribution in [3.8, 4) is 0 Å². The van der Waals surface area contributed by atoms with Crippen LogP contribution in [-0.4, -0.2) is 49.3 Å². The van der Waals surface area contributed by atoms with E-state index in [9.17, 15) is 9.90 Å². The van der Waals surface area contributed by atoms with Gasteiger partial charge in [-0.1, -0.05) is 10.4 Å². The lowest BCUT2D eigenvalue weighted by Crippen LogP contribution is -2.28. The molecule has 0 aromatic carbocycles. The summed E-state index contributed by atoms with van der Waals surface area (Å²) in [6.45, 7) is 1.95. The van der Waals surface area contributed by atoms with E-state index in [1.54, 1.807) is 4.68 Å². The van der Waals surface area contributed by atoms with Crippen molar-refractivity contribution in [2.45, 2.75) is 25.3 Å². The molecule has 2 aromatic rings. The van der Waals surface area contributed by atoms with Crippen molar-refractivity contribution in [3.63, 3.8) is 0 Å². The van der Waals surface area contributed by atoms with E-state index in [-0.39, 0.29) is 18.2 Å². The first-order valence-electron chi connectivity index (χ1n) is 6.38. The summed E-state index contributed by atoms with van der Waals surface area (Å²) in [6.07, 6.45) is 3.02. The van der Waals surface area contributed by atoms with Crippen molar-refractivity contribution in [2.75, 3.05) is 13.1 Å². The van der Waals surface area contributed by atoms with Gasteiger partial charge in [-0.2, -0.15) is 4.98 Å². The summed E-state index contributed by atoms with van der Waals surface area (Å²) in [5.74, 6) is -0.558. The molecule has 3 heterocycles. The molecule has 9 nitrogen and oxygen atoms in total. The van der Waals surface area contributed by atoms with E-state index in [0.717, 1.165) is 25.9 Å². The van der Waals surface area contributed by atoms with Crippen molar-refractivity contribution in [2.24, 2.45) is 0 Å². The highest BCUT2D eigenvalue weighted by atomic mass is 16.5. The van der Waals surface area contributed by atoms with Crippen LogP contribution in [0.3, 0.4) is 0 Å². The Morgan fingerprint density at radius 2 is 2.30 bits per heavy atom. The van der Waals surface area contributed by atoms with Gasteiger partial charge in [0.05, 0.1) is 5.69 Å². The number of nitrogens with zero attached hydrogens (tertiary/aromatic N) is 5. The molecule has 0 amide bonds. The highest BCUT2D eigenvalue weighted by Crippen LogP contribution is 2.27. The van der Waals surface area contributed by atoms with Gasteiger partial charge in [-0.3, -0.25) is 0 Å². The first kappa shape index (κ1) is 12.7. The first-order valence-corrected chi connectivity index (χ1v) is 6.38. The molecule has 0 spiro atoms. The minimum Gasteiger partial charge on any atom is -0.476 e. The van der Waals surface area contributed by atoms with Gasteiger partial charge in [-0.25, -0.2) is 9.48 Å². The van der Waals surface area contributed by atoms with Gasteiger partial charge in [0, 0.05) is 5.92 Å². The summed E-state index contributed by atoms with van der Waals surface area (Å²) < 4.78 is 6.49. The molecular weight excluding hydrogens is 264 g/mol. The Balaban J connectivity index is 1.94. The molecule has 0 radical (unpaired) electrons. The normalized spacial score (nSPS) is 16.4. The second-order valence-electron chi connectivity index (χ2n) is 4.65. The van der Waals surface area contributed by atoms with E-state index in [2.05, 4.69) is 25.8 Å². The van der Waals surface area contributed by atoms with Crippen LogP contribution in [0.1, 0.15) is 40.8 Å². The molecule has 0 atom stereocenters. The zero-order valence-electron chi connectivity index (χ0n) is 10.7. The van der Waals surface area contributed by atoms with Gasteiger partial charge in [0.2, 0.25) is 5.89 Å².